The zero-order valence-corrected chi connectivity index (χ0v) is 8.82. The molecule has 1 aliphatic rings. The van der Waals surface area contributed by atoms with Crippen molar-refractivity contribution in [1.82, 2.24) is 10.9 Å². The van der Waals surface area contributed by atoms with Crippen molar-refractivity contribution < 1.29 is 4.79 Å². The molecule has 1 saturated heterocycles. The van der Waals surface area contributed by atoms with Crippen molar-refractivity contribution in [2.45, 2.75) is 0 Å². The lowest BCUT2D eigenvalue weighted by molar-refractivity contribution is -0.114. The van der Waals surface area contributed by atoms with Crippen LogP contribution < -0.4 is 16.3 Å². The van der Waals surface area contributed by atoms with Crippen LogP contribution in [0.25, 0.3) is 0 Å². The third kappa shape index (κ3) is 2.23. The van der Waals surface area contributed by atoms with Gasteiger partial charge in [-0.3, -0.25) is 21.1 Å². The first-order chi connectivity index (χ1) is 8.20. The molecule has 17 heavy (non-hydrogen) atoms. The topological polar surface area (TPSA) is 89.3 Å². The van der Waals surface area contributed by atoms with Crippen molar-refractivity contribution in [2.75, 3.05) is 5.43 Å². The van der Waals surface area contributed by atoms with Crippen LogP contribution in [-0.4, -0.2) is 11.6 Å². The number of hydrogen-bond acceptors (Lipinski definition) is 5. The molecule has 6 heteroatoms. The minimum atomic E-state index is -0.348. The maximum Gasteiger partial charge on any atom is 0.292 e. The van der Waals surface area contributed by atoms with Crippen LogP contribution in [-0.2, 0) is 4.79 Å². The number of carbonyl (C=O) groups is 1. The third-order valence-corrected chi connectivity index (χ3v) is 2.12. The zero-order chi connectivity index (χ0) is 12.3. The summed E-state index contributed by atoms with van der Waals surface area (Å²) in [5.41, 5.74) is 9.36. The Hall–Kier alpha value is -2.81. The minimum absolute atomic E-state index is 0.187. The number of hydrazone groups is 1. The molecule has 0 radical (unpaired) electrons. The monoisotopic (exact) mass is 227 g/mol. The van der Waals surface area contributed by atoms with E-state index in [1.54, 1.807) is 24.3 Å². The molecule has 6 nitrogen and oxygen atoms in total. The van der Waals surface area contributed by atoms with Crippen LogP contribution in [0.2, 0.25) is 0 Å². The molecule has 1 aromatic carbocycles. The summed E-state index contributed by atoms with van der Waals surface area (Å²) in [6.07, 6.45) is 0. The normalized spacial score (nSPS) is 16.3. The van der Waals surface area contributed by atoms with E-state index >= 15 is 0 Å². The molecule has 1 fully saturated rings. The van der Waals surface area contributed by atoms with Crippen molar-refractivity contribution in [3.05, 3.63) is 42.1 Å². The highest BCUT2D eigenvalue weighted by Crippen LogP contribution is 2.10. The number of nitrogens with zero attached hydrogens (tertiary/aromatic N) is 2. The van der Waals surface area contributed by atoms with Gasteiger partial charge in [-0.2, -0.15) is 10.4 Å². The Balaban J connectivity index is 2.17. The van der Waals surface area contributed by atoms with E-state index in [0.29, 0.717) is 16.9 Å². The van der Waals surface area contributed by atoms with Gasteiger partial charge < -0.3 is 0 Å². The Kier molecular flexibility index (Phi) is 2.75. The van der Waals surface area contributed by atoms with E-state index < -0.39 is 0 Å². The van der Waals surface area contributed by atoms with E-state index in [4.69, 9.17) is 5.26 Å². The molecule has 0 aromatic heterocycles. The zero-order valence-electron chi connectivity index (χ0n) is 8.82. The molecule has 0 saturated carbocycles. The molecule has 2 rings (SSSR count). The van der Waals surface area contributed by atoms with Gasteiger partial charge in [-0.15, -0.1) is 0 Å². The van der Waals surface area contributed by atoms with Gasteiger partial charge in [-0.05, 0) is 18.2 Å². The van der Waals surface area contributed by atoms with Crippen LogP contribution in [0.15, 0.2) is 41.6 Å². The Morgan fingerprint density at radius 2 is 2.24 bits per heavy atom. The fourth-order valence-corrected chi connectivity index (χ4v) is 1.28. The van der Waals surface area contributed by atoms with Gasteiger partial charge in [-0.1, -0.05) is 12.6 Å². The number of benzene rings is 1. The van der Waals surface area contributed by atoms with Gasteiger partial charge in [0.25, 0.3) is 5.91 Å². The number of rotatable bonds is 2. The summed E-state index contributed by atoms with van der Waals surface area (Å²) >= 11 is 0. The molecule has 3 N–H and O–H groups in total. The van der Waals surface area contributed by atoms with E-state index in [1.807, 2.05) is 6.07 Å². The molecule has 0 aliphatic carbocycles. The molecule has 1 aromatic rings. The van der Waals surface area contributed by atoms with Gasteiger partial charge in [0.05, 0.1) is 23.0 Å². The van der Waals surface area contributed by atoms with Gasteiger partial charge in [0.1, 0.15) is 0 Å². The maximum atomic E-state index is 11.3. The number of amides is 1. The van der Waals surface area contributed by atoms with E-state index in [-0.39, 0.29) is 11.6 Å². The van der Waals surface area contributed by atoms with Crippen molar-refractivity contribution in [1.29, 1.82) is 5.26 Å². The Morgan fingerprint density at radius 3 is 2.88 bits per heavy atom. The Labute approximate surface area is 97.6 Å². The highest BCUT2D eigenvalue weighted by Gasteiger charge is 2.22. The first kappa shape index (κ1) is 10.7. The van der Waals surface area contributed by atoms with Crippen LogP contribution in [0.3, 0.4) is 0 Å². The number of hydrogen-bond donors (Lipinski definition) is 3. The number of nitriles is 1. The van der Waals surface area contributed by atoms with Crippen molar-refractivity contribution in [2.24, 2.45) is 5.10 Å². The van der Waals surface area contributed by atoms with Crippen LogP contribution >= 0.6 is 0 Å². The van der Waals surface area contributed by atoms with Crippen molar-refractivity contribution in [3.8, 4) is 6.07 Å². The number of nitrogens with one attached hydrogen (secondary N) is 3. The highest BCUT2D eigenvalue weighted by atomic mass is 16.2. The first-order valence-electron chi connectivity index (χ1n) is 4.80. The van der Waals surface area contributed by atoms with Gasteiger partial charge in [0, 0.05) is 0 Å². The van der Waals surface area contributed by atoms with Crippen molar-refractivity contribution in [3.63, 3.8) is 0 Å². The molecule has 1 heterocycles. The molecule has 1 aliphatic heterocycles. The van der Waals surface area contributed by atoms with Crippen LogP contribution in [0, 0.1) is 11.3 Å². The summed E-state index contributed by atoms with van der Waals surface area (Å²) in [6.45, 7) is 3.61. The quantitative estimate of drug-likeness (QED) is 0.641. The molecule has 0 spiro atoms. The van der Waals surface area contributed by atoms with Crippen LogP contribution in [0.4, 0.5) is 5.69 Å². The van der Waals surface area contributed by atoms with Gasteiger partial charge in [0.15, 0.2) is 5.71 Å². The number of hydrazine groups is 1. The summed E-state index contributed by atoms with van der Waals surface area (Å²) in [5.74, 6) is -0.348. The van der Waals surface area contributed by atoms with Crippen molar-refractivity contribution >= 4 is 17.3 Å². The predicted molar refractivity (Wildman–Crippen MR) is 62.6 cm³/mol. The van der Waals surface area contributed by atoms with Crippen LogP contribution in [0.5, 0.6) is 0 Å². The second-order valence-electron chi connectivity index (χ2n) is 3.32. The summed E-state index contributed by atoms with van der Waals surface area (Å²) in [4.78, 5) is 11.3. The second-order valence-corrected chi connectivity index (χ2v) is 3.32. The fraction of sp³-hybridized carbons (Fsp3) is 0. The predicted octanol–water partition coefficient (Wildman–Crippen LogP) is 0.474. The molecule has 1 amide bonds. The summed E-state index contributed by atoms with van der Waals surface area (Å²) in [7, 11) is 0. The standard InChI is InChI=1S/C11H9N5O/c1-7-10(11(17)16-13-7)15-14-9-4-2-3-8(5-9)6-12/h2-5,13-14H,1H2,(H,16,17)/b15-10+. The SMILES string of the molecule is C=C1NNC(=O)/C1=N/Nc1cccc(C#N)c1. The van der Waals surface area contributed by atoms with E-state index in [1.165, 1.54) is 0 Å². The number of anilines is 1. The highest BCUT2D eigenvalue weighted by molar-refractivity contribution is 6.46. The third-order valence-electron chi connectivity index (χ3n) is 2.12. The summed E-state index contributed by atoms with van der Waals surface area (Å²) in [5, 5.41) is 12.6. The lowest BCUT2D eigenvalue weighted by atomic mass is 10.2. The molecule has 0 atom stereocenters. The minimum Gasteiger partial charge on any atom is -0.296 e. The lowest BCUT2D eigenvalue weighted by Gasteiger charge is -2.00. The molecule has 0 unspecified atom stereocenters. The van der Waals surface area contributed by atoms with E-state index in [9.17, 15) is 4.79 Å². The average Bonchev–Trinajstić information content (AvgIpc) is 2.67. The van der Waals surface area contributed by atoms with Gasteiger partial charge in [-0.25, -0.2) is 0 Å². The van der Waals surface area contributed by atoms with Crippen LogP contribution in [0.1, 0.15) is 5.56 Å². The Morgan fingerprint density at radius 1 is 1.41 bits per heavy atom. The number of carbonyl (C=O) groups excluding carboxylic acids is 1. The summed E-state index contributed by atoms with van der Waals surface area (Å²) in [6, 6.07) is 8.80. The molecule has 0 bridgehead atoms. The fourth-order valence-electron chi connectivity index (χ4n) is 1.28. The smallest absolute Gasteiger partial charge is 0.292 e. The van der Waals surface area contributed by atoms with E-state index in [2.05, 4.69) is 28.0 Å². The maximum absolute atomic E-state index is 11.3. The lowest BCUT2D eigenvalue weighted by Crippen LogP contribution is -2.25. The van der Waals surface area contributed by atoms with Gasteiger partial charge in [0.2, 0.25) is 0 Å². The van der Waals surface area contributed by atoms with E-state index in [0.717, 1.165) is 0 Å². The largest absolute Gasteiger partial charge is 0.296 e. The summed E-state index contributed by atoms with van der Waals surface area (Å²) < 4.78 is 0. The molecule has 84 valence electrons. The molecular formula is C11H9N5O. The first-order valence-corrected chi connectivity index (χ1v) is 4.80. The molecular weight excluding hydrogens is 218 g/mol. The van der Waals surface area contributed by atoms with Gasteiger partial charge >= 0.3 is 0 Å². The Bertz CT molecular complexity index is 537. The second kappa shape index (κ2) is 4.37. The average molecular weight is 227 g/mol.